The summed E-state index contributed by atoms with van der Waals surface area (Å²) in [6, 6.07) is 4.91. The van der Waals surface area contributed by atoms with Gasteiger partial charge in [0.25, 0.3) is 0 Å². The number of carbonyl (C=O) groups is 2. The first kappa shape index (κ1) is 14.6. The van der Waals surface area contributed by atoms with Gasteiger partial charge in [0.05, 0.1) is 5.52 Å². The zero-order chi connectivity index (χ0) is 15.9. The smallest absolute Gasteiger partial charge is 0.408 e. The molecule has 6 heteroatoms. The number of rotatable bonds is 3. The number of hydrogen-bond acceptors (Lipinski definition) is 4. The topological polar surface area (TPSA) is 81.3 Å². The van der Waals surface area contributed by atoms with Crippen molar-refractivity contribution < 1.29 is 14.0 Å². The molecule has 1 fully saturated rings. The van der Waals surface area contributed by atoms with Gasteiger partial charge in [0, 0.05) is 6.42 Å². The van der Waals surface area contributed by atoms with E-state index in [2.05, 4.69) is 19.2 Å². The summed E-state index contributed by atoms with van der Waals surface area (Å²) in [5.41, 5.74) is 2.16. The number of imide groups is 1. The van der Waals surface area contributed by atoms with Gasteiger partial charge in [-0.25, -0.2) is 4.79 Å². The lowest BCUT2D eigenvalue weighted by atomic mass is 10.0. The molecule has 0 bridgehead atoms. The Balaban J connectivity index is 2.03. The molecular weight excluding hydrogens is 284 g/mol. The van der Waals surface area contributed by atoms with Gasteiger partial charge in [0.1, 0.15) is 6.04 Å². The Morgan fingerprint density at radius 2 is 2.09 bits per heavy atom. The summed E-state index contributed by atoms with van der Waals surface area (Å²) in [5, 5.41) is 2.27. The van der Waals surface area contributed by atoms with Crippen molar-refractivity contribution in [2.24, 2.45) is 5.92 Å². The first-order valence-corrected chi connectivity index (χ1v) is 7.43. The van der Waals surface area contributed by atoms with Gasteiger partial charge in [0.15, 0.2) is 5.58 Å². The molecule has 116 valence electrons. The van der Waals surface area contributed by atoms with E-state index in [-0.39, 0.29) is 12.3 Å². The van der Waals surface area contributed by atoms with Crippen LogP contribution in [0.2, 0.25) is 0 Å². The van der Waals surface area contributed by atoms with Crippen LogP contribution >= 0.6 is 0 Å². The maximum atomic E-state index is 12.1. The molecule has 1 saturated heterocycles. The highest BCUT2D eigenvalue weighted by atomic mass is 16.4. The number of carbonyl (C=O) groups excluding carboxylic acids is 2. The van der Waals surface area contributed by atoms with E-state index < -0.39 is 17.7 Å². The lowest BCUT2D eigenvalue weighted by Crippen LogP contribution is -2.43. The largest absolute Gasteiger partial charge is 0.420 e. The number of oxazole rings is 1. The molecule has 1 aliphatic rings. The Morgan fingerprint density at radius 1 is 1.32 bits per heavy atom. The van der Waals surface area contributed by atoms with Crippen LogP contribution in [0.5, 0.6) is 0 Å². The Hall–Kier alpha value is -2.37. The van der Waals surface area contributed by atoms with Crippen molar-refractivity contribution in [3.63, 3.8) is 0 Å². The maximum Gasteiger partial charge on any atom is 0.420 e. The lowest BCUT2D eigenvalue weighted by Gasteiger charge is -2.21. The Labute approximate surface area is 127 Å². The van der Waals surface area contributed by atoms with E-state index in [9.17, 15) is 14.4 Å². The van der Waals surface area contributed by atoms with E-state index in [1.807, 2.05) is 18.2 Å². The fourth-order valence-corrected chi connectivity index (χ4v) is 2.90. The van der Waals surface area contributed by atoms with Crippen molar-refractivity contribution in [3.05, 3.63) is 34.3 Å². The van der Waals surface area contributed by atoms with E-state index in [1.165, 1.54) is 4.57 Å². The van der Waals surface area contributed by atoms with Crippen molar-refractivity contribution in [3.8, 4) is 0 Å². The van der Waals surface area contributed by atoms with Crippen molar-refractivity contribution in [1.29, 1.82) is 0 Å². The standard InChI is InChI=1S/C16H18N2O4/c1-9(2)7-10-3-4-11-13(8-10)22-16(21)18(11)12-5-6-14(19)17-15(12)20/h3-4,8-9,12H,5-7H2,1-2H3,(H,17,19,20). The van der Waals surface area contributed by atoms with Crippen LogP contribution in [0, 0.1) is 5.92 Å². The fourth-order valence-electron chi connectivity index (χ4n) is 2.90. The molecule has 0 aliphatic carbocycles. The second-order valence-corrected chi connectivity index (χ2v) is 6.10. The predicted octanol–water partition coefficient (Wildman–Crippen LogP) is 1.77. The van der Waals surface area contributed by atoms with Crippen LogP contribution in [0.4, 0.5) is 0 Å². The number of hydrogen-bond donors (Lipinski definition) is 1. The molecule has 0 spiro atoms. The minimum Gasteiger partial charge on any atom is -0.408 e. The van der Waals surface area contributed by atoms with Gasteiger partial charge < -0.3 is 4.42 Å². The molecule has 1 atom stereocenters. The van der Waals surface area contributed by atoms with Crippen LogP contribution < -0.4 is 11.1 Å². The molecule has 0 radical (unpaired) electrons. The summed E-state index contributed by atoms with van der Waals surface area (Å²) in [5.74, 6) is -0.818. The third-order valence-electron chi connectivity index (χ3n) is 3.84. The van der Waals surface area contributed by atoms with Gasteiger partial charge in [-0.1, -0.05) is 19.9 Å². The predicted molar refractivity (Wildman–Crippen MR) is 80.4 cm³/mol. The van der Waals surface area contributed by atoms with E-state index in [0.717, 1.165) is 12.0 Å². The summed E-state index contributed by atoms with van der Waals surface area (Å²) < 4.78 is 6.64. The second kappa shape index (κ2) is 5.44. The van der Waals surface area contributed by atoms with Gasteiger partial charge in [-0.3, -0.25) is 19.5 Å². The Morgan fingerprint density at radius 3 is 2.77 bits per heavy atom. The van der Waals surface area contributed by atoms with Crippen molar-refractivity contribution in [2.45, 2.75) is 39.2 Å². The zero-order valence-corrected chi connectivity index (χ0v) is 12.6. The van der Waals surface area contributed by atoms with Crippen molar-refractivity contribution in [2.75, 3.05) is 0 Å². The average Bonchev–Trinajstić information content (AvgIpc) is 2.73. The normalized spacial score (nSPS) is 19.0. The van der Waals surface area contributed by atoms with Crippen LogP contribution in [-0.2, 0) is 16.0 Å². The number of nitrogens with zero attached hydrogens (tertiary/aromatic N) is 1. The summed E-state index contributed by atoms with van der Waals surface area (Å²) in [6.45, 7) is 4.24. The average molecular weight is 302 g/mol. The van der Waals surface area contributed by atoms with Crippen LogP contribution in [-0.4, -0.2) is 16.4 Å². The SMILES string of the molecule is CC(C)Cc1ccc2c(c1)oc(=O)n2C1CCC(=O)NC1=O. The molecule has 6 nitrogen and oxygen atoms in total. The van der Waals surface area contributed by atoms with E-state index in [4.69, 9.17) is 4.42 Å². The summed E-state index contributed by atoms with van der Waals surface area (Å²) in [6.07, 6.45) is 1.43. The summed E-state index contributed by atoms with van der Waals surface area (Å²) in [7, 11) is 0. The van der Waals surface area contributed by atoms with E-state index in [0.29, 0.717) is 23.4 Å². The quantitative estimate of drug-likeness (QED) is 0.876. The number of aromatic nitrogens is 1. The van der Waals surface area contributed by atoms with Crippen molar-refractivity contribution in [1.82, 2.24) is 9.88 Å². The molecular formula is C16H18N2O4. The Kier molecular flexibility index (Phi) is 3.60. The Bertz CT molecular complexity index is 800. The molecule has 2 aromatic rings. The molecule has 1 aliphatic heterocycles. The first-order chi connectivity index (χ1) is 10.5. The number of amides is 2. The zero-order valence-electron chi connectivity index (χ0n) is 12.6. The van der Waals surface area contributed by atoms with Crippen LogP contribution in [0.3, 0.4) is 0 Å². The first-order valence-electron chi connectivity index (χ1n) is 7.43. The third-order valence-corrected chi connectivity index (χ3v) is 3.84. The number of nitrogens with one attached hydrogen (secondary N) is 1. The van der Waals surface area contributed by atoms with Gasteiger partial charge in [-0.15, -0.1) is 0 Å². The molecule has 22 heavy (non-hydrogen) atoms. The highest BCUT2D eigenvalue weighted by Crippen LogP contribution is 2.24. The highest BCUT2D eigenvalue weighted by Gasteiger charge is 2.31. The number of benzene rings is 1. The molecule has 1 aromatic heterocycles. The molecule has 2 amide bonds. The van der Waals surface area contributed by atoms with Crippen LogP contribution in [0.1, 0.15) is 38.3 Å². The molecule has 2 heterocycles. The summed E-state index contributed by atoms with van der Waals surface area (Å²) in [4.78, 5) is 35.3. The molecule has 0 saturated carbocycles. The maximum absolute atomic E-state index is 12.1. The minimum absolute atomic E-state index is 0.223. The molecule has 1 N–H and O–H groups in total. The monoisotopic (exact) mass is 302 g/mol. The molecule has 1 aromatic carbocycles. The van der Waals surface area contributed by atoms with Crippen LogP contribution in [0.25, 0.3) is 11.1 Å². The number of fused-ring (bicyclic) bond motifs is 1. The number of piperidine rings is 1. The summed E-state index contributed by atoms with van der Waals surface area (Å²) >= 11 is 0. The molecule has 1 unspecified atom stereocenters. The second-order valence-electron chi connectivity index (χ2n) is 6.10. The minimum atomic E-state index is -0.692. The third kappa shape index (κ3) is 2.56. The lowest BCUT2D eigenvalue weighted by molar-refractivity contribution is -0.135. The van der Waals surface area contributed by atoms with Gasteiger partial charge in [-0.2, -0.15) is 0 Å². The van der Waals surface area contributed by atoms with Crippen LogP contribution in [0.15, 0.2) is 27.4 Å². The van der Waals surface area contributed by atoms with Gasteiger partial charge >= 0.3 is 5.76 Å². The molecule has 3 rings (SSSR count). The van der Waals surface area contributed by atoms with E-state index >= 15 is 0 Å². The van der Waals surface area contributed by atoms with Crippen molar-refractivity contribution >= 4 is 22.9 Å². The fraction of sp³-hybridized carbons (Fsp3) is 0.438. The van der Waals surface area contributed by atoms with Gasteiger partial charge in [0.2, 0.25) is 11.8 Å². The highest BCUT2D eigenvalue weighted by molar-refractivity contribution is 6.00. The van der Waals surface area contributed by atoms with Gasteiger partial charge in [-0.05, 0) is 36.5 Å². The van der Waals surface area contributed by atoms with E-state index in [1.54, 1.807) is 0 Å².